The highest BCUT2D eigenvalue weighted by Gasteiger charge is 2.29. The maximum Gasteiger partial charge on any atom is 0.279 e. The summed E-state index contributed by atoms with van der Waals surface area (Å²) in [6.45, 7) is 7.25. The van der Waals surface area contributed by atoms with Crippen molar-refractivity contribution in [3.63, 3.8) is 0 Å². The van der Waals surface area contributed by atoms with Crippen LogP contribution in [-0.4, -0.2) is 81.7 Å². The zero-order valence-corrected chi connectivity index (χ0v) is 18.5. The molecule has 1 aliphatic rings. The number of aromatic nitrogens is 5. The Morgan fingerprint density at radius 1 is 1.19 bits per heavy atom. The van der Waals surface area contributed by atoms with E-state index in [1.165, 1.54) is 21.3 Å². The van der Waals surface area contributed by atoms with Crippen molar-refractivity contribution in [2.75, 3.05) is 39.3 Å². The number of nitrogens with zero attached hydrogens (tertiary/aromatic N) is 6. The lowest BCUT2D eigenvalue weighted by Gasteiger charge is -2.33. The van der Waals surface area contributed by atoms with Crippen molar-refractivity contribution < 1.29 is 13.2 Å². The van der Waals surface area contributed by atoms with Gasteiger partial charge in [0.05, 0.1) is 24.6 Å². The molecule has 0 atom stereocenters. The number of nitrogens with one attached hydrogen (secondary N) is 1. The first-order chi connectivity index (χ1) is 14.8. The Morgan fingerprint density at radius 3 is 2.61 bits per heavy atom. The van der Waals surface area contributed by atoms with Crippen molar-refractivity contribution in [1.82, 2.24) is 33.9 Å². The second-order valence-electron chi connectivity index (χ2n) is 7.25. The molecule has 1 saturated heterocycles. The zero-order valence-electron chi connectivity index (χ0n) is 17.7. The SMILES string of the molecule is CCOc1ncc(S(=O)(=O)N2CCN(CC)CC2)cc1-c1nc2cn(C)nc2c(=O)[nH]1. The van der Waals surface area contributed by atoms with Crippen LogP contribution in [0, 0.1) is 0 Å². The summed E-state index contributed by atoms with van der Waals surface area (Å²) in [6, 6.07) is 1.46. The van der Waals surface area contributed by atoms with Gasteiger partial charge in [-0.2, -0.15) is 9.40 Å². The van der Waals surface area contributed by atoms with Gasteiger partial charge in [0.1, 0.15) is 16.2 Å². The van der Waals surface area contributed by atoms with Crippen molar-refractivity contribution in [2.24, 2.45) is 7.05 Å². The molecule has 0 bridgehead atoms. The maximum atomic E-state index is 13.2. The second-order valence-corrected chi connectivity index (χ2v) is 9.18. The molecule has 0 spiro atoms. The largest absolute Gasteiger partial charge is 0.477 e. The van der Waals surface area contributed by atoms with Crippen molar-refractivity contribution in [3.05, 3.63) is 28.8 Å². The molecule has 1 aliphatic heterocycles. The minimum absolute atomic E-state index is 0.0323. The van der Waals surface area contributed by atoms with Crippen LogP contribution in [0.5, 0.6) is 5.88 Å². The van der Waals surface area contributed by atoms with Crippen LogP contribution in [0.15, 0.2) is 28.2 Å². The fourth-order valence-corrected chi connectivity index (χ4v) is 4.99. The molecule has 0 aliphatic carbocycles. The van der Waals surface area contributed by atoms with Gasteiger partial charge in [-0.1, -0.05) is 6.92 Å². The number of rotatable bonds is 6. The average molecular weight is 448 g/mol. The van der Waals surface area contributed by atoms with Crippen LogP contribution < -0.4 is 10.3 Å². The van der Waals surface area contributed by atoms with Crippen LogP contribution in [0.1, 0.15) is 13.8 Å². The highest BCUT2D eigenvalue weighted by atomic mass is 32.2. The molecule has 1 fully saturated rings. The van der Waals surface area contributed by atoms with Crippen LogP contribution in [0.3, 0.4) is 0 Å². The van der Waals surface area contributed by atoms with E-state index in [-0.39, 0.29) is 22.1 Å². The van der Waals surface area contributed by atoms with E-state index in [2.05, 4.69) is 31.9 Å². The quantitative estimate of drug-likeness (QED) is 0.577. The second kappa shape index (κ2) is 8.36. The first kappa shape index (κ1) is 21.4. The van der Waals surface area contributed by atoms with Crippen LogP contribution in [-0.2, 0) is 17.1 Å². The topological polar surface area (TPSA) is 126 Å². The third-order valence-electron chi connectivity index (χ3n) is 5.27. The fraction of sp³-hybridized carbons (Fsp3) is 0.474. The van der Waals surface area contributed by atoms with Gasteiger partial charge in [-0.05, 0) is 19.5 Å². The van der Waals surface area contributed by atoms with Gasteiger partial charge in [-0.25, -0.2) is 18.4 Å². The standard InChI is InChI=1S/C19H25N7O4S/c1-4-25-6-8-26(9-7-25)31(28,29)13-10-14(19(20-11-13)30-5-2)17-21-15-12-24(3)23-16(15)18(27)22-17/h10-12H,4-9H2,1-3H3,(H,21,22,27). The summed E-state index contributed by atoms with van der Waals surface area (Å²) in [5.74, 6) is 0.373. The van der Waals surface area contributed by atoms with Crippen LogP contribution in [0.2, 0.25) is 0 Å². The Balaban J connectivity index is 1.78. The van der Waals surface area contributed by atoms with Gasteiger partial charge < -0.3 is 14.6 Å². The summed E-state index contributed by atoms with van der Waals surface area (Å²) in [7, 11) is -2.06. The number of aromatic amines is 1. The minimum atomic E-state index is -3.75. The molecule has 4 rings (SSSR count). The van der Waals surface area contributed by atoms with E-state index in [0.717, 1.165) is 6.54 Å². The number of hydrogen-bond donors (Lipinski definition) is 1. The summed E-state index contributed by atoms with van der Waals surface area (Å²) >= 11 is 0. The molecule has 0 amide bonds. The monoisotopic (exact) mass is 447 g/mol. The van der Waals surface area contributed by atoms with E-state index in [1.54, 1.807) is 20.2 Å². The Hall–Kier alpha value is -2.83. The van der Waals surface area contributed by atoms with E-state index in [1.807, 2.05) is 0 Å². The average Bonchev–Trinajstić information content (AvgIpc) is 3.15. The fourth-order valence-electron chi connectivity index (χ4n) is 3.59. The molecule has 3 aromatic heterocycles. The number of sulfonamides is 1. The van der Waals surface area contributed by atoms with Crippen LogP contribution in [0.25, 0.3) is 22.4 Å². The molecule has 0 aromatic carbocycles. The number of aryl methyl sites for hydroxylation is 1. The van der Waals surface area contributed by atoms with Crippen molar-refractivity contribution in [2.45, 2.75) is 18.7 Å². The highest BCUT2D eigenvalue weighted by Crippen LogP contribution is 2.29. The number of fused-ring (bicyclic) bond motifs is 1. The maximum absolute atomic E-state index is 13.2. The van der Waals surface area contributed by atoms with Crippen LogP contribution >= 0.6 is 0 Å². The minimum Gasteiger partial charge on any atom is -0.477 e. The van der Waals surface area contributed by atoms with Gasteiger partial charge in [0.2, 0.25) is 15.9 Å². The summed E-state index contributed by atoms with van der Waals surface area (Å²) in [6.07, 6.45) is 2.91. The molecule has 166 valence electrons. The molecule has 0 saturated carbocycles. The molecule has 12 heteroatoms. The summed E-state index contributed by atoms with van der Waals surface area (Å²) < 4.78 is 35.0. The van der Waals surface area contributed by atoms with E-state index in [0.29, 0.717) is 43.9 Å². The van der Waals surface area contributed by atoms with Crippen molar-refractivity contribution in [3.8, 4) is 17.3 Å². The van der Waals surface area contributed by atoms with Gasteiger partial charge in [-0.15, -0.1) is 0 Å². The number of hydrogen-bond acceptors (Lipinski definition) is 8. The van der Waals surface area contributed by atoms with E-state index < -0.39 is 15.6 Å². The van der Waals surface area contributed by atoms with Gasteiger partial charge >= 0.3 is 0 Å². The Bertz CT molecular complexity index is 1260. The van der Waals surface area contributed by atoms with E-state index in [9.17, 15) is 13.2 Å². The Labute approximate surface area is 179 Å². The summed E-state index contributed by atoms with van der Waals surface area (Å²) in [4.78, 5) is 26.1. The first-order valence-corrected chi connectivity index (χ1v) is 11.6. The lowest BCUT2D eigenvalue weighted by molar-refractivity contribution is 0.196. The molecule has 11 nitrogen and oxygen atoms in total. The van der Waals surface area contributed by atoms with Crippen molar-refractivity contribution in [1.29, 1.82) is 0 Å². The predicted molar refractivity (Wildman–Crippen MR) is 114 cm³/mol. The number of likely N-dealkylation sites (N-methyl/N-ethyl adjacent to an activating group) is 1. The lowest BCUT2D eigenvalue weighted by Crippen LogP contribution is -2.48. The number of ether oxygens (including phenoxy) is 1. The van der Waals surface area contributed by atoms with E-state index in [4.69, 9.17) is 4.74 Å². The molecule has 31 heavy (non-hydrogen) atoms. The molecule has 1 N–H and O–H groups in total. The highest BCUT2D eigenvalue weighted by molar-refractivity contribution is 7.89. The molecule has 3 aromatic rings. The number of pyridine rings is 1. The third kappa shape index (κ3) is 4.05. The van der Waals surface area contributed by atoms with Gasteiger partial charge in [-0.3, -0.25) is 9.48 Å². The molecule has 0 radical (unpaired) electrons. The Kier molecular flexibility index (Phi) is 5.77. The molecule has 4 heterocycles. The van der Waals surface area contributed by atoms with Crippen molar-refractivity contribution >= 4 is 21.1 Å². The van der Waals surface area contributed by atoms with E-state index >= 15 is 0 Å². The molecule has 0 unspecified atom stereocenters. The van der Waals surface area contributed by atoms with Gasteiger partial charge in [0.15, 0.2) is 5.52 Å². The number of piperazine rings is 1. The Morgan fingerprint density at radius 2 is 1.94 bits per heavy atom. The predicted octanol–water partition coefficient (Wildman–Crippen LogP) is 0.444. The normalized spacial score (nSPS) is 16.1. The molecular weight excluding hydrogens is 422 g/mol. The first-order valence-electron chi connectivity index (χ1n) is 10.1. The van der Waals surface area contributed by atoms with Crippen LogP contribution in [0.4, 0.5) is 0 Å². The smallest absolute Gasteiger partial charge is 0.279 e. The summed E-state index contributed by atoms with van der Waals surface area (Å²) in [5.41, 5.74) is 0.479. The third-order valence-corrected chi connectivity index (χ3v) is 7.13. The van der Waals surface area contributed by atoms with Gasteiger partial charge in [0.25, 0.3) is 5.56 Å². The van der Waals surface area contributed by atoms with Gasteiger partial charge in [0, 0.05) is 33.2 Å². The lowest BCUT2D eigenvalue weighted by atomic mass is 10.2. The molecular formula is C19H25N7O4S. The summed E-state index contributed by atoms with van der Waals surface area (Å²) in [5, 5.41) is 4.09. The number of H-pyrrole nitrogens is 1. The zero-order chi connectivity index (χ0) is 22.2.